The predicted octanol–water partition coefficient (Wildman–Crippen LogP) is 5.05. The van der Waals surface area contributed by atoms with Crippen LogP contribution in [-0.4, -0.2) is 48.1 Å². The lowest BCUT2D eigenvalue weighted by atomic mass is 9.94. The third-order valence-electron chi connectivity index (χ3n) is 6.88. The molecule has 5 rings (SSSR count). The summed E-state index contributed by atoms with van der Waals surface area (Å²) in [5.41, 5.74) is 3.23. The molecule has 2 aliphatic rings. The lowest BCUT2D eigenvalue weighted by Crippen LogP contribution is -2.31. The van der Waals surface area contributed by atoms with Crippen LogP contribution in [0.2, 0.25) is 0 Å². The first kappa shape index (κ1) is 25.5. The number of ether oxygens (including phenoxy) is 3. The highest BCUT2D eigenvalue weighted by atomic mass is 16.5. The van der Waals surface area contributed by atoms with Crippen LogP contribution in [0.5, 0.6) is 11.5 Å². The molecule has 38 heavy (non-hydrogen) atoms. The van der Waals surface area contributed by atoms with Crippen LogP contribution in [0.4, 0.5) is 0 Å². The molecular formula is C31H31NO6. The number of nitrogens with zero attached hydrogens (tertiary/aromatic N) is 1. The minimum Gasteiger partial charge on any atom is -0.507 e. The molecule has 1 fully saturated rings. The quantitative estimate of drug-likeness (QED) is 0.187. The average Bonchev–Trinajstić information content (AvgIpc) is 3.43. The van der Waals surface area contributed by atoms with Gasteiger partial charge in [-0.05, 0) is 60.4 Å². The van der Waals surface area contributed by atoms with Gasteiger partial charge in [-0.25, -0.2) is 0 Å². The highest BCUT2D eigenvalue weighted by Crippen LogP contribution is 2.41. The number of methoxy groups -OCH3 is 1. The number of carbonyl (C=O) groups excluding carboxylic acids is 2. The fraction of sp³-hybridized carbons (Fsp3) is 0.290. The molecule has 2 aliphatic heterocycles. The molecule has 1 saturated heterocycles. The summed E-state index contributed by atoms with van der Waals surface area (Å²) < 4.78 is 17.0. The maximum Gasteiger partial charge on any atom is 0.295 e. The normalized spacial score (nSPS) is 19.9. The second kappa shape index (κ2) is 11.1. The smallest absolute Gasteiger partial charge is 0.295 e. The summed E-state index contributed by atoms with van der Waals surface area (Å²) in [6, 6.07) is 21.8. The van der Waals surface area contributed by atoms with Crippen LogP contribution in [-0.2, 0) is 27.4 Å². The first-order chi connectivity index (χ1) is 18.5. The van der Waals surface area contributed by atoms with Crippen molar-refractivity contribution in [3.63, 3.8) is 0 Å². The van der Waals surface area contributed by atoms with Crippen molar-refractivity contribution in [1.29, 1.82) is 0 Å². The monoisotopic (exact) mass is 513 g/mol. The molecule has 1 N–H and O–H groups in total. The van der Waals surface area contributed by atoms with Crippen LogP contribution in [0.3, 0.4) is 0 Å². The van der Waals surface area contributed by atoms with Gasteiger partial charge in [0, 0.05) is 32.2 Å². The van der Waals surface area contributed by atoms with Gasteiger partial charge >= 0.3 is 0 Å². The molecule has 0 radical (unpaired) electrons. The van der Waals surface area contributed by atoms with Gasteiger partial charge in [0.1, 0.15) is 30.0 Å². The van der Waals surface area contributed by atoms with Crippen LogP contribution in [0, 0.1) is 0 Å². The van der Waals surface area contributed by atoms with Crippen molar-refractivity contribution in [2.75, 3.05) is 20.3 Å². The van der Waals surface area contributed by atoms with E-state index >= 15 is 0 Å². The van der Waals surface area contributed by atoms with E-state index < -0.39 is 17.7 Å². The number of hydrogen-bond acceptors (Lipinski definition) is 6. The van der Waals surface area contributed by atoms with Gasteiger partial charge in [-0.1, -0.05) is 42.5 Å². The number of benzene rings is 3. The van der Waals surface area contributed by atoms with Crippen molar-refractivity contribution >= 4 is 17.4 Å². The van der Waals surface area contributed by atoms with Crippen molar-refractivity contribution in [3.05, 3.63) is 101 Å². The van der Waals surface area contributed by atoms with Crippen LogP contribution in [0.25, 0.3) is 5.76 Å². The predicted molar refractivity (Wildman–Crippen MR) is 143 cm³/mol. The van der Waals surface area contributed by atoms with Crippen LogP contribution in [0.15, 0.2) is 78.4 Å². The number of aliphatic hydroxyl groups excluding tert-OH is 1. The van der Waals surface area contributed by atoms with E-state index in [0.717, 1.165) is 16.9 Å². The van der Waals surface area contributed by atoms with E-state index in [9.17, 15) is 14.7 Å². The summed E-state index contributed by atoms with van der Waals surface area (Å²) in [4.78, 5) is 28.0. The molecule has 3 aromatic carbocycles. The molecule has 2 heterocycles. The van der Waals surface area contributed by atoms with E-state index in [2.05, 4.69) is 0 Å². The third kappa shape index (κ3) is 5.15. The van der Waals surface area contributed by atoms with Gasteiger partial charge in [0.25, 0.3) is 11.7 Å². The summed E-state index contributed by atoms with van der Waals surface area (Å²) in [7, 11) is 1.59. The van der Waals surface area contributed by atoms with Crippen LogP contribution < -0.4 is 9.47 Å². The van der Waals surface area contributed by atoms with Crippen molar-refractivity contribution in [1.82, 2.24) is 4.90 Å². The van der Waals surface area contributed by atoms with Crippen molar-refractivity contribution < 1.29 is 28.9 Å². The topological polar surface area (TPSA) is 85.3 Å². The molecule has 0 saturated carbocycles. The molecule has 0 aliphatic carbocycles. The molecule has 0 aromatic heterocycles. The molecule has 0 unspecified atom stereocenters. The minimum atomic E-state index is -0.754. The molecule has 2 atom stereocenters. The summed E-state index contributed by atoms with van der Waals surface area (Å²) in [6.45, 7) is 3.12. The van der Waals surface area contributed by atoms with Crippen molar-refractivity contribution in [2.24, 2.45) is 0 Å². The second-order valence-corrected chi connectivity index (χ2v) is 9.64. The highest BCUT2D eigenvalue weighted by molar-refractivity contribution is 6.46. The van der Waals surface area contributed by atoms with Gasteiger partial charge in [-0.15, -0.1) is 0 Å². The Bertz CT molecular complexity index is 1370. The Morgan fingerprint density at radius 1 is 1.05 bits per heavy atom. The summed E-state index contributed by atoms with van der Waals surface area (Å²) >= 11 is 0. The van der Waals surface area contributed by atoms with E-state index in [-0.39, 0.29) is 17.4 Å². The largest absolute Gasteiger partial charge is 0.507 e. The number of hydrogen-bond donors (Lipinski definition) is 1. The zero-order valence-corrected chi connectivity index (χ0v) is 21.6. The first-order valence-electron chi connectivity index (χ1n) is 12.8. The molecule has 7 heteroatoms. The highest BCUT2D eigenvalue weighted by Gasteiger charge is 2.46. The average molecular weight is 514 g/mol. The molecule has 0 spiro atoms. The van der Waals surface area contributed by atoms with E-state index in [1.807, 2.05) is 67.6 Å². The Balaban J connectivity index is 1.52. The fourth-order valence-electron chi connectivity index (χ4n) is 5.08. The SMILES string of the molecule is COCCCN1C(=O)C(=O)C(=C(O)c2ccc3c(c2)C[C@@H](C)O3)[C@H]1c1cccc(OCc2ccccc2)c1. The van der Waals surface area contributed by atoms with Crippen molar-refractivity contribution in [3.8, 4) is 11.5 Å². The van der Waals surface area contributed by atoms with E-state index in [1.165, 1.54) is 4.90 Å². The number of aliphatic hydroxyl groups is 1. The number of likely N-dealkylation sites (tertiary alicyclic amines) is 1. The van der Waals surface area contributed by atoms with Gasteiger partial charge in [-0.2, -0.15) is 0 Å². The molecule has 3 aromatic rings. The van der Waals surface area contributed by atoms with Crippen molar-refractivity contribution in [2.45, 2.75) is 38.5 Å². The Hall–Kier alpha value is -4.10. The summed E-state index contributed by atoms with van der Waals surface area (Å²) in [5.74, 6) is -0.154. The Morgan fingerprint density at radius 3 is 2.66 bits per heavy atom. The summed E-state index contributed by atoms with van der Waals surface area (Å²) in [6.07, 6.45) is 1.32. The van der Waals surface area contributed by atoms with Gasteiger partial charge in [0.05, 0.1) is 11.6 Å². The fourth-order valence-corrected chi connectivity index (χ4v) is 5.08. The van der Waals surface area contributed by atoms with E-state index in [4.69, 9.17) is 14.2 Å². The number of ketones is 1. The Kier molecular flexibility index (Phi) is 7.47. The van der Waals surface area contributed by atoms with Gasteiger partial charge < -0.3 is 24.2 Å². The van der Waals surface area contributed by atoms with Gasteiger partial charge in [0.2, 0.25) is 0 Å². The molecule has 1 amide bonds. The second-order valence-electron chi connectivity index (χ2n) is 9.64. The maximum atomic E-state index is 13.3. The molecule has 7 nitrogen and oxygen atoms in total. The van der Waals surface area contributed by atoms with E-state index in [1.54, 1.807) is 19.2 Å². The Morgan fingerprint density at radius 2 is 1.87 bits per heavy atom. The van der Waals surface area contributed by atoms with Gasteiger partial charge in [0.15, 0.2) is 0 Å². The molecular weight excluding hydrogens is 482 g/mol. The minimum absolute atomic E-state index is 0.0485. The number of carbonyl (C=O) groups is 2. The van der Waals surface area contributed by atoms with Crippen LogP contribution in [0.1, 0.15) is 41.6 Å². The lowest BCUT2D eigenvalue weighted by Gasteiger charge is -2.25. The van der Waals surface area contributed by atoms with Gasteiger partial charge in [-0.3, -0.25) is 9.59 Å². The molecule has 196 valence electrons. The third-order valence-corrected chi connectivity index (χ3v) is 6.88. The maximum absolute atomic E-state index is 13.3. The number of rotatable bonds is 9. The number of fused-ring (bicyclic) bond motifs is 1. The Labute approximate surface area is 222 Å². The zero-order valence-electron chi connectivity index (χ0n) is 21.6. The standard InChI is InChI=1S/C31H31NO6/c1-20-16-24-17-23(12-13-26(24)38-20)29(33)27-28(32(14-7-15-36-2)31(35)30(27)34)22-10-6-11-25(18-22)37-19-21-8-4-3-5-9-21/h3-6,8-13,17-18,20,28,33H,7,14-16,19H2,1-2H3/t20-,28-/m1/s1. The number of amides is 1. The zero-order chi connectivity index (χ0) is 26.6. The first-order valence-corrected chi connectivity index (χ1v) is 12.8. The summed E-state index contributed by atoms with van der Waals surface area (Å²) in [5, 5.41) is 11.4. The number of Topliss-reactive ketones (excluding diaryl/α,β-unsaturated/α-hetero) is 1. The molecule has 0 bridgehead atoms. The van der Waals surface area contributed by atoms with Crippen LogP contribution >= 0.6 is 0 Å². The lowest BCUT2D eigenvalue weighted by molar-refractivity contribution is -0.140. The van der Waals surface area contributed by atoms with E-state index in [0.29, 0.717) is 49.5 Å².